The molecule has 1 heterocycles. The van der Waals surface area contributed by atoms with Gasteiger partial charge in [0, 0.05) is 42.2 Å². The molecule has 3 atom stereocenters. The Balaban J connectivity index is 2.43. The molecule has 0 aliphatic heterocycles. The van der Waals surface area contributed by atoms with Crippen LogP contribution >= 0.6 is 0 Å². The third-order valence-electron chi connectivity index (χ3n) is 7.50. The Labute approximate surface area is 227 Å². The van der Waals surface area contributed by atoms with Gasteiger partial charge in [0.15, 0.2) is 0 Å². The van der Waals surface area contributed by atoms with Gasteiger partial charge < -0.3 is 25.2 Å². The van der Waals surface area contributed by atoms with Gasteiger partial charge in [-0.3, -0.25) is 9.59 Å². The molecule has 8 heteroatoms. The fourth-order valence-corrected chi connectivity index (χ4v) is 5.13. The maximum absolute atomic E-state index is 13.9. The first-order chi connectivity index (χ1) is 17.4. The number of fused-ring (bicyclic) bond motifs is 1. The number of nitrogens with zero attached hydrogens (tertiary/aromatic N) is 2. The Bertz CT molecular complexity index is 1200. The molecule has 8 nitrogen and oxygen atoms in total. The highest BCUT2D eigenvalue weighted by molar-refractivity contribution is 5.93. The molecule has 0 spiro atoms. The molecule has 1 aromatic carbocycles. The first kappa shape index (κ1) is 31.1. The van der Waals surface area contributed by atoms with Gasteiger partial charge in [0.1, 0.15) is 6.04 Å². The van der Waals surface area contributed by atoms with Gasteiger partial charge in [-0.05, 0) is 36.9 Å². The van der Waals surface area contributed by atoms with E-state index in [4.69, 9.17) is 0 Å². The molecule has 0 aliphatic carbocycles. The van der Waals surface area contributed by atoms with Crippen molar-refractivity contribution in [2.45, 2.75) is 78.9 Å². The fraction of sp³-hybridized carbons (Fsp3) is 0.567. The lowest BCUT2D eigenvalue weighted by molar-refractivity contribution is -0.141. The van der Waals surface area contributed by atoms with Crippen LogP contribution in [0.1, 0.15) is 61.0 Å². The summed E-state index contributed by atoms with van der Waals surface area (Å²) in [5.41, 5.74) is 1.11. The average Bonchev–Trinajstić information content (AvgIpc) is 3.16. The van der Waals surface area contributed by atoms with E-state index >= 15 is 0 Å². The van der Waals surface area contributed by atoms with Gasteiger partial charge >= 0.3 is 5.97 Å². The molecule has 210 valence electrons. The van der Waals surface area contributed by atoms with Crippen molar-refractivity contribution >= 4 is 28.7 Å². The Kier molecular flexibility index (Phi) is 9.59. The molecule has 3 unspecified atom stereocenters. The Morgan fingerprint density at radius 2 is 1.63 bits per heavy atom. The van der Waals surface area contributed by atoms with Gasteiger partial charge in [0.25, 0.3) is 0 Å². The molecule has 0 fully saturated rings. The number of aryl methyl sites for hydroxylation is 1. The van der Waals surface area contributed by atoms with Gasteiger partial charge in [-0.2, -0.15) is 0 Å². The summed E-state index contributed by atoms with van der Waals surface area (Å²) in [5.74, 6) is -1.59. The normalized spacial score (nSPS) is 15.3. The van der Waals surface area contributed by atoms with E-state index in [1.165, 1.54) is 6.92 Å². The van der Waals surface area contributed by atoms with Gasteiger partial charge in [0.2, 0.25) is 11.8 Å². The molecule has 38 heavy (non-hydrogen) atoms. The number of carbonyl (C=O) groups is 3. The number of rotatable bonds is 10. The van der Waals surface area contributed by atoms with E-state index in [2.05, 4.69) is 33.5 Å². The van der Waals surface area contributed by atoms with Gasteiger partial charge in [-0.1, -0.05) is 72.7 Å². The minimum absolute atomic E-state index is 0.0232. The van der Waals surface area contributed by atoms with Gasteiger partial charge in [0.05, 0.1) is 12.1 Å². The summed E-state index contributed by atoms with van der Waals surface area (Å²) >= 11 is 0. The number of carboxylic acids is 1. The number of aliphatic carboxylic acids is 1. The number of benzene rings is 1. The van der Waals surface area contributed by atoms with Crippen molar-refractivity contribution in [3.8, 4) is 0 Å². The zero-order valence-corrected chi connectivity index (χ0v) is 24.8. The summed E-state index contributed by atoms with van der Waals surface area (Å²) < 4.78 is 2.06. The molecule has 0 radical (unpaired) electrons. The van der Waals surface area contributed by atoms with Crippen LogP contribution < -0.4 is 10.6 Å². The van der Waals surface area contributed by atoms with Crippen molar-refractivity contribution in [3.63, 3.8) is 0 Å². The predicted octanol–water partition coefficient (Wildman–Crippen LogP) is 4.09. The highest BCUT2D eigenvalue weighted by atomic mass is 16.4. The van der Waals surface area contributed by atoms with E-state index in [1.54, 1.807) is 25.1 Å². The van der Waals surface area contributed by atoms with E-state index in [0.717, 1.165) is 16.5 Å². The minimum Gasteiger partial charge on any atom is -0.478 e. The smallest absolute Gasteiger partial charge is 0.331 e. The topological polar surface area (TPSA) is 104 Å². The number of amides is 2. The molecule has 2 aromatic rings. The van der Waals surface area contributed by atoms with E-state index in [9.17, 15) is 19.5 Å². The first-order valence-corrected chi connectivity index (χ1v) is 13.2. The quantitative estimate of drug-likeness (QED) is 0.405. The van der Waals surface area contributed by atoms with Crippen LogP contribution in [0.15, 0.2) is 42.1 Å². The first-order valence-electron chi connectivity index (χ1n) is 13.2. The Hall–Kier alpha value is -3.13. The average molecular weight is 527 g/mol. The number of nitrogens with one attached hydrogen (secondary N) is 2. The lowest BCUT2D eigenvalue weighted by atomic mass is 9.76. The fourth-order valence-electron chi connectivity index (χ4n) is 5.13. The highest BCUT2D eigenvalue weighted by Gasteiger charge is 2.42. The number of hydrogen-bond donors (Lipinski definition) is 3. The SMILES string of the molecule is CNC(C(=O)NC(C(=O)N(C)C(/C=C(\C)C(=O)O)C(C)C)C(C)(C)C)C(C)(C)c1cn(C)c2ccccc12. The largest absolute Gasteiger partial charge is 0.478 e. The Morgan fingerprint density at radius 3 is 2.13 bits per heavy atom. The number of likely N-dealkylation sites (N-methyl/N-ethyl adjacent to an activating group) is 2. The summed E-state index contributed by atoms with van der Waals surface area (Å²) in [6.07, 6.45) is 3.67. The lowest BCUT2D eigenvalue weighted by Crippen LogP contribution is -2.61. The minimum atomic E-state index is -1.02. The van der Waals surface area contributed by atoms with Gasteiger partial charge in [-0.15, -0.1) is 0 Å². The second-order valence-corrected chi connectivity index (χ2v) is 12.3. The maximum Gasteiger partial charge on any atom is 0.331 e. The zero-order chi connectivity index (χ0) is 29.2. The number of carbonyl (C=O) groups excluding carboxylic acids is 2. The number of aromatic nitrogens is 1. The molecular weight excluding hydrogens is 480 g/mol. The zero-order valence-electron chi connectivity index (χ0n) is 24.8. The monoisotopic (exact) mass is 526 g/mol. The molecular formula is C30H46N4O4. The van der Waals surface area contributed by atoms with Crippen molar-refractivity contribution in [1.29, 1.82) is 0 Å². The predicted molar refractivity (Wildman–Crippen MR) is 153 cm³/mol. The number of hydrogen-bond acceptors (Lipinski definition) is 4. The summed E-state index contributed by atoms with van der Waals surface area (Å²) in [4.78, 5) is 40.7. The van der Waals surface area contributed by atoms with Crippen LogP contribution in [-0.4, -0.2) is 64.6 Å². The van der Waals surface area contributed by atoms with Crippen LogP contribution in [0.25, 0.3) is 10.9 Å². The van der Waals surface area contributed by atoms with Crippen molar-refractivity contribution < 1.29 is 19.5 Å². The van der Waals surface area contributed by atoms with E-state index in [1.807, 2.05) is 67.6 Å². The molecule has 2 amide bonds. The Morgan fingerprint density at radius 1 is 1.05 bits per heavy atom. The van der Waals surface area contributed by atoms with Crippen molar-refractivity contribution in [2.24, 2.45) is 18.4 Å². The summed E-state index contributed by atoms with van der Waals surface area (Å²) in [6, 6.07) is 6.23. The summed E-state index contributed by atoms with van der Waals surface area (Å²) in [6.45, 7) is 15.2. The molecule has 0 aliphatic rings. The third-order valence-corrected chi connectivity index (χ3v) is 7.50. The van der Waals surface area contributed by atoms with E-state index in [-0.39, 0.29) is 23.3 Å². The second-order valence-electron chi connectivity index (χ2n) is 12.3. The van der Waals surface area contributed by atoms with Gasteiger partial charge in [-0.25, -0.2) is 4.79 Å². The van der Waals surface area contributed by atoms with Crippen LogP contribution in [0.5, 0.6) is 0 Å². The molecule has 0 saturated heterocycles. The van der Waals surface area contributed by atoms with E-state index < -0.39 is 34.9 Å². The molecule has 1 aromatic heterocycles. The molecule has 2 rings (SSSR count). The standard InChI is InChI=1S/C30H46N4O4/c1-18(2)23(16-19(3)28(37)38)34(11)27(36)25(29(4,5)6)32-26(35)24(31-9)30(7,8)21-17-33(10)22-15-13-12-14-20(21)22/h12-18,23-25,31H,1-11H3,(H,32,35)(H,37,38)/b19-16+. The summed E-state index contributed by atoms with van der Waals surface area (Å²) in [7, 11) is 5.41. The van der Waals surface area contributed by atoms with Crippen LogP contribution in [-0.2, 0) is 26.8 Å². The van der Waals surface area contributed by atoms with Crippen molar-refractivity contribution in [1.82, 2.24) is 20.1 Å². The van der Waals surface area contributed by atoms with E-state index in [0.29, 0.717) is 0 Å². The van der Waals surface area contributed by atoms with Crippen LogP contribution in [0.4, 0.5) is 0 Å². The van der Waals surface area contributed by atoms with Crippen LogP contribution in [0, 0.1) is 11.3 Å². The number of para-hydroxylation sites is 1. The lowest BCUT2D eigenvalue weighted by Gasteiger charge is -2.39. The molecule has 3 N–H and O–H groups in total. The maximum atomic E-state index is 13.9. The molecule has 0 saturated carbocycles. The highest BCUT2D eigenvalue weighted by Crippen LogP contribution is 2.35. The van der Waals surface area contributed by atoms with Crippen molar-refractivity contribution in [2.75, 3.05) is 14.1 Å². The molecule has 0 bridgehead atoms. The van der Waals surface area contributed by atoms with Crippen molar-refractivity contribution in [3.05, 3.63) is 47.7 Å². The summed E-state index contributed by atoms with van der Waals surface area (Å²) in [5, 5.41) is 16.7. The second kappa shape index (κ2) is 11.7. The van der Waals surface area contributed by atoms with Crippen LogP contribution in [0.2, 0.25) is 0 Å². The number of carboxylic acid groups (broad SMARTS) is 1. The third kappa shape index (κ3) is 6.46. The van der Waals surface area contributed by atoms with Crippen LogP contribution in [0.3, 0.4) is 0 Å².